The van der Waals surface area contributed by atoms with Crippen molar-refractivity contribution in [3.8, 4) is 0 Å². The van der Waals surface area contributed by atoms with Gasteiger partial charge in [-0.3, -0.25) is 9.59 Å². The molecule has 0 atom stereocenters. The lowest BCUT2D eigenvalue weighted by Gasteiger charge is -2.03. The maximum Gasteiger partial charge on any atom is 0.226 e. The Balaban J connectivity index is 2.46. The molecule has 0 aliphatic carbocycles. The van der Waals surface area contributed by atoms with Crippen molar-refractivity contribution in [2.75, 3.05) is 0 Å². The van der Waals surface area contributed by atoms with Crippen LogP contribution in [-0.2, 0) is 11.2 Å². The summed E-state index contributed by atoms with van der Waals surface area (Å²) < 4.78 is 0. The second-order valence-electron chi connectivity index (χ2n) is 3.98. The smallest absolute Gasteiger partial charge is 0.226 e. The van der Waals surface area contributed by atoms with E-state index in [2.05, 4.69) is 0 Å². The molecule has 2 rings (SSSR count). The van der Waals surface area contributed by atoms with Crippen LogP contribution in [-0.4, -0.2) is 11.0 Å². The SMILES string of the molecule is CC(=O)c1ccc2cc(CC(=O)Cl)ccc2c1. The van der Waals surface area contributed by atoms with E-state index < -0.39 is 0 Å². The van der Waals surface area contributed by atoms with Crippen LogP contribution in [0, 0.1) is 0 Å². The maximum absolute atomic E-state index is 11.2. The summed E-state index contributed by atoms with van der Waals surface area (Å²) in [6, 6.07) is 11.2. The standard InChI is InChI=1S/C14H11ClO2/c1-9(16)11-4-5-12-6-10(7-14(15)17)2-3-13(12)8-11/h2-6,8H,7H2,1H3. The summed E-state index contributed by atoms with van der Waals surface area (Å²) in [4.78, 5) is 22.1. The molecule has 0 aliphatic rings. The highest BCUT2D eigenvalue weighted by atomic mass is 35.5. The molecule has 0 bridgehead atoms. The number of halogens is 1. The van der Waals surface area contributed by atoms with Crippen molar-refractivity contribution in [2.24, 2.45) is 0 Å². The van der Waals surface area contributed by atoms with Crippen molar-refractivity contribution in [3.05, 3.63) is 47.5 Å². The molecule has 0 amide bonds. The first-order valence-corrected chi connectivity index (χ1v) is 5.66. The van der Waals surface area contributed by atoms with E-state index in [9.17, 15) is 9.59 Å². The topological polar surface area (TPSA) is 34.1 Å². The van der Waals surface area contributed by atoms with Gasteiger partial charge in [-0.25, -0.2) is 0 Å². The van der Waals surface area contributed by atoms with E-state index in [1.807, 2.05) is 30.3 Å². The highest BCUT2D eigenvalue weighted by Gasteiger charge is 2.03. The largest absolute Gasteiger partial charge is 0.295 e. The highest BCUT2D eigenvalue weighted by molar-refractivity contribution is 6.63. The minimum atomic E-state index is -0.371. The van der Waals surface area contributed by atoms with Gasteiger partial charge in [0.15, 0.2) is 5.78 Å². The third-order valence-corrected chi connectivity index (χ3v) is 2.79. The first kappa shape index (κ1) is 11.8. The average Bonchev–Trinajstić information content (AvgIpc) is 2.27. The lowest BCUT2D eigenvalue weighted by molar-refractivity contribution is -0.111. The number of hydrogen-bond acceptors (Lipinski definition) is 2. The molecule has 0 radical (unpaired) electrons. The van der Waals surface area contributed by atoms with Crippen LogP contribution in [0.3, 0.4) is 0 Å². The van der Waals surface area contributed by atoms with Crippen LogP contribution in [0.1, 0.15) is 22.8 Å². The van der Waals surface area contributed by atoms with Crippen molar-refractivity contribution in [1.82, 2.24) is 0 Å². The molecule has 2 aromatic carbocycles. The number of carbonyl (C=O) groups is 2. The van der Waals surface area contributed by atoms with E-state index in [0.717, 1.165) is 16.3 Å². The zero-order valence-electron chi connectivity index (χ0n) is 9.37. The van der Waals surface area contributed by atoms with Crippen LogP contribution < -0.4 is 0 Å². The number of carbonyl (C=O) groups excluding carboxylic acids is 2. The van der Waals surface area contributed by atoms with Crippen molar-refractivity contribution in [2.45, 2.75) is 13.3 Å². The minimum Gasteiger partial charge on any atom is -0.295 e. The molecule has 0 N–H and O–H groups in total. The van der Waals surface area contributed by atoms with Gasteiger partial charge in [0.1, 0.15) is 0 Å². The van der Waals surface area contributed by atoms with E-state index in [0.29, 0.717) is 5.56 Å². The number of Topliss-reactive ketones (excluding diaryl/α,β-unsaturated/α-hetero) is 1. The van der Waals surface area contributed by atoms with Crippen LogP contribution in [0.15, 0.2) is 36.4 Å². The number of rotatable bonds is 3. The summed E-state index contributed by atoms with van der Waals surface area (Å²) in [6.45, 7) is 1.54. The highest BCUT2D eigenvalue weighted by Crippen LogP contribution is 2.19. The number of hydrogen-bond donors (Lipinski definition) is 0. The molecule has 2 aromatic rings. The van der Waals surface area contributed by atoms with Gasteiger partial charge >= 0.3 is 0 Å². The number of ketones is 1. The third-order valence-electron chi connectivity index (χ3n) is 2.65. The van der Waals surface area contributed by atoms with E-state index in [1.54, 1.807) is 13.0 Å². The van der Waals surface area contributed by atoms with Gasteiger partial charge in [-0.2, -0.15) is 0 Å². The Morgan fingerprint density at radius 1 is 1.06 bits per heavy atom. The second kappa shape index (κ2) is 4.68. The molecular formula is C14H11ClO2. The Morgan fingerprint density at radius 2 is 1.71 bits per heavy atom. The molecule has 0 fully saturated rings. The summed E-state index contributed by atoms with van der Waals surface area (Å²) in [5.41, 5.74) is 1.58. The Labute approximate surface area is 104 Å². The lowest BCUT2D eigenvalue weighted by atomic mass is 10.0. The van der Waals surface area contributed by atoms with Crippen LogP contribution >= 0.6 is 11.6 Å². The van der Waals surface area contributed by atoms with Crippen molar-refractivity contribution >= 4 is 33.4 Å². The number of benzene rings is 2. The molecule has 0 aliphatic heterocycles. The summed E-state index contributed by atoms with van der Waals surface area (Å²) in [7, 11) is 0. The van der Waals surface area contributed by atoms with Gasteiger partial charge in [-0.15, -0.1) is 0 Å². The van der Waals surface area contributed by atoms with Gasteiger partial charge in [0, 0.05) is 12.0 Å². The summed E-state index contributed by atoms with van der Waals surface area (Å²) in [5, 5.41) is 1.62. The van der Waals surface area contributed by atoms with Crippen LogP contribution in [0.25, 0.3) is 10.8 Å². The molecular weight excluding hydrogens is 236 g/mol. The van der Waals surface area contributed by atoms with Gasteiger partial charge in [0.05, 0.1) is 0 Å². The van der Waals surface area contributed by atoms with E-state index in [1.165, 1.54) is 0 Å². The second-order valence-corrected chi connectivity index (χ2v) is 4.41. The van der Waals surface area contributed by atoms with E-state index >= 15 is 0 Å². The Hall–Kier alpha value is -1.67. The summed E-state index contributed by atoms with van der Waals surface area (Å²) in [5.74, 6) is 0.0481. The van der Waals surface area contributed by atoms with Crippen molar-refractivity contribution < 1.29 is 9.59 Å². The predicted octanol–water partition coefficient (Wildman–Crippen LogP) is 3.35. The lowest BCUT2D eigenvalue weighted by Crippen LogP contribution is -1.94. The van der Waals surface area contributed by atoms with Crippen molar-refractivity contribution in [3.63, 3.8) is 0 Å². The van der Waals surface area contributed by atoms with Crippen LogP contribution in [0.2, 0.25) is 0 Å². The van der Waals surface area contributed by atoms with Crippen LogP contribution in [0.5, 0.6) is 0 Å². The summed E-state index contributed by atoms with van der Waals surface area (Å²) >= 11 is 5.35. The molecule has 0 aromatic heterocycles. The molecule has 0 heterocycles. The Morgan fingerprint density at radius 3 is 2.35 bits per heavy atom. The van der Waals surface area contributed by atoms with Crippen molar-refractivity contribution in [1.29, 1.82) is 0 Å². The molecule has 2 nitrogen and oxygen atoms in total. The zero-order chi connectivity index (χ0) is 12.4. The first-order chi connectivity index (χ1) is 8.06. The molecule has 0 saturated heterocycles. The minimum absolute atomic E-state index is 0.0481. The fourth-order valence-electron chi connectivity index (χ4n) is 1.78. The zero-order valence-corrected chi connectivity index (χ0v) is 10.1. The first-order valence-electron chi connectivity index (χ1n) is 5.28. The van der Waals surface area contributed by atoms with Gasteiger partial charge in [-0.1, -0.05) is 30.3 Å². The van der Waals surface area contributed by atoms with E-state index in [4.69, 9.17) is 11.6 Å². The quantitative estimate of drug-likeness (QED) is 0.615. The molecule has 0 spiro atoms. The van der Waals surface area contributed by atoms with Crippen LogP contribution in [0.4, 0.5) is 0 Å². The monoisotopic (exact) mass is 246 g/mol. The summed E-state index contributed by atoms with van der Waals surface area (Å²) in [6.07, 6.45) is 0.228. The fourth-order valence-corrected chi connectivity index (χ4v) is 1.94. The molecule has 0 saturated carbocycles. The number of fused-ring (bicyclic) bond motifs is 1. The van der Waals surface area contributed by atoms with Gasteiger partial charge in [0.2, 0.25) is 5.24 Å². The normalized spacial score (nSPS) is 10.5. The molecule has 86 valence electrons. The molecule has 17 heavy (non-hydrogen) atoms. The third kappa shape index (κ3) is 2.71. The Bertz CT molecular complexity index is 602. The molecule has 0 unspecified atom stereocenters. The molecule has 3 heteroatoms. The van der Waals surface area contributed by atoms with Gasteiger partial charge in [-0.05, 0) is 40.9 Å². The van der Waals surface area contributed by atoms with Gasteiger partial charge < -0.3 is 0 Å². The fraction of sp³-hybridized carbons (Fsp3) is 0.143. The predicted molar refractivity (Wildman–Crippen MR) is 68.5 cm³/mol. The maximum atomic E-state index is 11.2. The van der Waals surface area contributed by atoms with Gasteiger partial charge in [0.25, 0.3) is 0 Å². The Kier molecular flexibility index (Phi) is 3.25. The van der Waals surface area contributed by atoms with E-state index in [-0.39, 0.29) is 17.4 Å². The average molecular weight is 247 g/mol.